The number of rotatable bonds is 20. The van der Waals surface area contributed by atoms with Crippen molar-refractivity contribution in [2.75, 3.05) is 187 Å². The molecule has 0 aliphatic carbocycles. The summed E-state index contributed by atoms with van der Waals surface area (Å²) in [5.41, 5.74) is 24.0. The summed E-state index contributed by atoms with van der Waals surface area (Å²) in [6.45, 7) is 35.1. The van der Waals surface area contributed by atoms with E-state index in [9.17, 15) is 17.2 Å². The largest absolute Gasteiger partial charge is 0.399 e. The lowest BCUT2D eigenvalue weighted by Gasteiger charge is -2.50. The Bertz CT molecular complexity index is 3760. The maximum absolute atomic E-state index is 13.5. The van der Waals surface area contributed by atoms with Gasteiger partial charge in [-0.05, 0) is 193 Å². The molecular weight excluding hydrogens is 1640 g/mol. The van der Waals surface area contributed by atoms with Gasteiger partial charge in [0, 0.05) is 142 Å². The number of hydrogen-bond donors (Lipinski definition) is 6. The number of aliphatic hydroxyl groups is 3. The summed E-state index contributed by atoms with van der Waals surface area (Å²) in [5, 5.41) is 33.1. The van der Waals surface area contributed by atoms with Crippen molar-refractivity contribution in [2.45, 2.75) is 85.4 Å². The summed E-state index contributed by atoms with van der Waals surface area (Å²) in [5.74, 6) is -0.617. The SMILES string of the molecule is CC1(N)COC1.CCCN(CCOS(C)(=O)=O)c1cc(C)cc(Br)c1.Cc1cc(Br)cc(N(CCO)CCO)c1.Cc1cc(Br)cc(N2CCN(C3(C)COC3)CC2)c1.Cc1cc(N)cc(Br)c1.Cc1cc(Nc2ncn(-c3cc(F)cc(F)c3)n2)cc(N2CCN(C3(C)COC3)CC2)c1.OCCCl. The Hall–Kier alpha value is -5.12. The van der Waals surface area contributed by atoms with Crippen LogP contribution >= 0.6 is 75.3 Å². The van der Waals surface area contributed by atoms with Gasteiger partial charge in [-0.15, -0.1) is 16.7 Å². The fourth-order valence-electron chi connectivity index (χ4n) is 11.9. The van der Waals surface area contributed by atoms with Crippen LogP contribution in [-0.2, 0) is 28.5 Å². The molecule has 1 aromatic heterocycles. The van der Waals surface area contributed by atoms with E-state index in [1.807, 2.05) is 87.2 Å². The number of nitrogens with zero attached hydrogens (tertiary/aromatic N) is 9. The van der Waals surface area contributed by atoms with Crippen LogP contribution in [0.15, 0.2) is 133 Å². The van der Waals surface area contributed by atoms with Gasteiger partial charge in [-0.2, -0.15) is 13.4 Å². The normalized spacial score (nSPS) is 16.3. The van der Waals surface area contributed by atoms with E-state index in [4.69, 9.17) is 56.8 Å². The number of alkyl halides is 1. The molecule has 0 atom stereocenters. The van der Waals surface area contributed by atoms with Gasteiger partial charge in [0.15, 0.2) is 0 Å². The van der Waals surface area contributed by atoms with Crippen LogP contribution in [0.3, 0.4) is 0 Å². The average molecular weight is 1740 g/mol. The van der Waals surface area contributed by atoms with Crippen LogP contribution in [-0.4, -0.2) is 222 Å². The zero-order valence-electron chi connectivity index (χ0n) is 61.5. The molecule has 104 heavy (non-hydrogen) atoms. The maximum atomic E-state index is 13.5. The maximum Gasteiger partial charge on any atom is 0.264 e. The second-order valence-electron chi connectivity index (χ2n) is 27.3. The minimum absolute atomic E-state index is 0. The predicted molar refractivity (Wildman–Crippen MR) is 433 cm³/mol. The molecule has 29 heteroatoms. The molecule has 0 bridgehead atoms. The number of ether oxygens (including phenoxy) is 3. The molecule has 0 unspecified atom stereocenters. The first kappa shape index (κ1) is 87.8. The Morgan fingerprint density at radius 2 is 0.981 bits per heavy atom. The number of aliphatic hydroxyl groups excluding tert-OH is 3. The molecule has 5 aliphatic heterocycles. The second-order valence-corrected chi connectivity index (χ2v) is 33.0. The molecule has 0 amide bonds. The van der Waals surface area contributed by atoms with Crippen molar-refractivity contribution < 1.29 is 50.9 Å². The van der Waals surface area contributed by atoms with Gasteiger partial charge >= 0.3 is 0 Å². The van der Waals surface area contributed by atoms with E-state index < -0.39 is 21.8 Å². The monoisotopic (exact) mass is 1740 g/mol. The minimum atomic E-state index is -3.37. The number of aromatic nitrogens is 3. The molecule has 21 nitrogen and oxygen atoms in total. The summed E-state index contributed by atoms with van der Waals surface area (Å²) in [7, 11) is -3.37. The van der Waals surface area contributed by atoms with Crippen LogP contribution < -0.4 is 36.4 Å². The third-order valence-corrected chi connectivity index (χ3v) is 19.7. The van der Waals surface area contributed by atoms with Crippen LogP contribution in [0.5, 0.6) is 0 Å². The Morgan fingerprint density at radius 3 is 1.36 bits per heavy atom. The first-order chi connectivity index (χ1) is 49.2. The van der Waals surface area contributed by atoms with Gasteiger partial charge in [-0.25, -0.2) is 13.5 Å². The van der Waals surface area contributed by atoms with Crippen LogP contribution in [0.1, 0.15) is 61.9 Å². The highest BCUT2D eigenvalue weighted by Gasteiger charge is 2.42. The Balaban J connectivity index is 0.000000206. The lowest BCUT2D eigenvalue weighted by Crippen LogP contribution is -2.64. The lowest BCUT2D eigenvalue weighted by atomic mass is 9.97. The number of nitrogens with one attached hydrogen (secondary N) is 1. The molecule has 8 N–H and O–H groups in total. The molecule has 5 aliphatic rings. The average Bonchev–Trinajstić information content (AvgIpc) is 0.862. The number of nitrogens with two attached hydrogens (primary N) is 2. The van der Waals surface area contributed by atoms with E-state index in [-0.39, 0.29) is 43.2 Å². The van der Waals surface area contributed by atoms with Crippen molar-refractivity contribution in [3.63, 3.8) is 0 Å². The Labute approximate surface area is 653 Å². The van der Waals surface area contributed by atoms with Gasteiger partial charge < -0.3 is 65.9 Å². The van der Waals surface area contributed by atoms with Gasteiger partial charge in [-0.3, -0.25) is 14.0 Å². The predicted octanol–water partition coefficient (Wildman–Crippen LogP) is 13.0. The Morgan fingerprint density at radius 1 is 0.567 bits per heavy atom. The van der Waals surface area contributed by atoms with E-state index in [2.05, 4.69) is 175 Å². The fourth-order valence-corrected chi connectivity index (χ4v) is 14.7. The summed E-state index contributed by atoms with van der Waals surface area (Å²) in [6, 6.07) is 34.2. The number of nitrogen functional groups attached to an aromatic ring is 1. The van der Waals surface area contributed by atoms with E-state index in [1.165, 1.54) is 44.4 Å². The molecule has 6 heterocycles. The third-order valence-electron chi connectivity index (χ3n) is 17.1. The molecule has 7 aromatic rings. The molecule has 6 aromatic carbocycles. The number of halogens is 7. The lowest BCUT2D eigenvalue weighted by molar-refractivity contribution is -0.131. The number of benzene rings is 6. The zero-order valence-corrected chi connectivity index (χ0v) is 69.4. The van der Waals surface area contributed by atoms with Crippen molar-refractivity contribution in [3.8, 4) is 5.69 Å². The summed E-state index contributed by atoms with van der Waals surface area (Å²) in [6.07, 6.45) is 3.49. The number of anilines is 7. The molecule has 5 fully saturated rings. The zero-order chi connectivity index (χ0) is 76.4. The third kappa shape index (κ3) is 29.8. The van der Waals surface area contributed by atoms with E-state index >= 15 is 0 Å². The molecule has 574 valence electrons. The molecule has 5 saturated heterocycles. The van der Waals surface area contributed by atoms with Gasteiger partial charge in [0.25, 0.3) is 10.1 Å². The molecule has 0 spiro atoms. The van der Waals surface area contributed by atoms with Gasteiger partial charge in [0.2, 0.25) is 5.95 Å². The van der Waals surface area contributed by atoms with Gasteiger partial charge in [-0.1, -0.05) is 70.6 Å². The molecule has 12 rings (SSSR count). The van der Waals surface area contributed by atoms with Crippen molar-refractivity contribution in [1.29, 1.82) is 0 Å². The number of piperazine rings is 2. The van der Waals surface area contributed by atoms with E-state index in [1.54, 1.807) is 0 Å². The van der Waals surface area contributed by atoms with Gasteiger partial charge in [0.1, 0.15) is 18.0 Å². The van der Waals surface area contributed by atoms with Crippen molar-refractivity contribution in [1.82, 2.24) is 24.6 Å². The summed E-state index contributed by atoms with van der Waals surface area (Å²) < 4.78 is 75.0. The Kier molecular flexibility index (Phi) is 35.9. The minimum Gasteiger partial charge on any atom is -0.399 e. The highest BCUT2D eigenvalue weighted by molar-refractivity contribution is 9.11. The quantitative estimate of drug-likeness (QED) is 0.0236. The summed E-state index contributed by atoms with van der Waals surface area (Å²) in [4.78, 5) is 18.3. The molecule has 0 radical (unpaired) electrons. The first-order valence-electron chi connectivity index (χ1n) is 34.6. The van der Waals surface area contributed by atoms with Crippen LogP contribution in [0, 0.1) is 46.3 Å². The number of aryl methyl sites for hydroxylation is 5. The second kappa shape index (κ2) is 42.6. The van der Waals surface area contributed by atoms with Crippen LogP contribution in [0.4, 0.5) is 48.9 Å². The standard InChI is InChI=1S/C23H26F2N6O.C15H21BrN2O.C13H20BrNO3S.C11H16BrNO2.C7H8BrN.C4H9NO.C2H5ClO/c1-16-7-19(27-22-26-15-31(28-22)21-10-17(24)9-18(25)11-21)12-20(8-16)29-3-5-30(6-4-29)23(2)13-32-14-23;1-12-7-13(16)9-14(8-12)17-3-5-18(6-4-17)15(2)10-19-11-15;1-4-5-15(6-7-18-19(3,16)17)13-9-11(2)8-12(14)10-13;1-9-6-10(12)8-11(7-9)13(2-4-14)3-5-15;1-5-2-6(8)4-7(9)3-5;1-4(5)2-6-3-4;3-1-2-4/h7-12,15H,3-6,13-14H2,1-2H3,(H,27,28);7-9H,3-6,10-11H2,1-2H3;8-10H,4-7H2,1-3H3;6-8,14-15H,2-5H2,1H3;2-4H,9H2,1H3;2-3,5H2,1H3;4H,1-2H2. The van der Waals surface area contributed by atoms with Crippen molar-refractivity contribution >= 4 is 126 Å². The van der Waals surface area contributed by atoms with Crippen LogP contribution in [0.25, 0.3) is 5.69 Å². The molecular formula is C75H105Br4ClF2N12O9S. The van der Waals surface area contributed by atoms with Crippen LogP contribution in [0.2, 0.25) is 0 Å². The highest BCUT2D eigenvalue weighted by atomic mass is 79.9. The number of hydrogen-bond acceptors (Lipinski definition) is 20. The fraction of sp³-hybridized carbons (Fsp3) is 0.493. The van der Waals surface area contributed by atoms with E-state index in [0.717, 1.165) is 176 Å². The topological polar surface area (TPSA) is 246 Å². The van der Waals surface area contributed by atoms with E-state index in [0.29, 0.717) is 37.0 Å². The smallest absolute Gasteiger partial charge is 0.264 e. The van der Waals surface area contributed by atoms with Crippen molar-refractivity contribution in [3.05, 3.63) is 173 Å². The first-order valence-corrected chi connectivity index (χ1v) is 40.1. The molecule has 0 saturated carbocycles. The van der Waals surface area contributed by atoms with Gasteiger partial charge in [0.05, 0.1) is 94.6 Å². The summed E-state index contributed by atoms with van der Waals surface area (Å²) >= 11 is 18.8. The highest BCUT2D eigenvalue weighted by Crippen LogP contribution is 2.32. The van der Waals surface area contributed by atoms with Crippen molar-refractivity contribution in [2.24, 2.45) is 5.73 Å².